The summed E-state index contributed by atoms with van der Waals surface area (Å²) in [6.45, 7) is 0.943. The lowest BCUT2D eigenvalue weighted by atomic mass is 10.1. The first kappa shape index (κ1) is 16.3. The summed E-state index contributed by atoms with van der Waals surface area (Å²) in [4.78, 5) is 41.9. The summed E-state index contributed by atoms with van der Waals surface area (Å²) in [6, 6.07) is 8.11. The molecule has 0 aliphatic carbocycles. The molecule has 2 aliphatic heterocycles. The maximum absolute atomic E-state index is 12.9. The van der Waals surface area contributed by atoms with E-state index in [9.17, 15) is 14.4 Å². The third-order valence-corrected chi connectivity index (χ3v) is 5.78. The average Bonchev–Trinajstić information content (AvgIpc) is 3.13. The minimum absolute atomic E-state index is 0.0978. The number of carbonyl (C=O) groups is 3. The summed E-state index contributed by atoms with van der Waals surface area (Å²) in [5.41, 5.74) is 0.965. The highest BCUT2D eigenvalue weighted by Gasteiger charge is 2.40. The van der Waals surface area contributed by atoms with Gasteiger partial charge >= 0.3 is 0 Å². The van der Waals surface area contributed by atoms with Gasteiger partial charge in [0, 0.05) is 17.6 Å². The highest BCUT2D eigenvalue weighted by atomic mass is 79.9. The van der Waals surface area contributed by atoms with Crippen molar-refractivity contribution in [3.63, 3.8) is 0 Å². The lowest BCUT2D eigenvalue weighted by molar-refractivity contribution is -0.121. The van der Waals surface area contributed by atoms with Crippen molar-refractivity contribution >= 4 is 50.7 Å². The van der Waals surface area contributed by atoms with Crippen LogP contribution in [0.4, 0.5) is 5.69 Å². The van der Waals surface area contributed by atoms with Crippen LogP contribution in [0.1, 0.15) is 20.0 Å². The third kappa shape index (κ3) is 2.85. The molecular formula is C17H14BrN3O3S. The van der Waals surface area contributed by atoms with Gasteiger partial charge in [-0.25, -0.2) is 0 Å². The van der Waals surface area contributed by atoms with Crippen LogP contribution in [-0.4, -0.2) is 53.2 Å². The molecule has 1 N–H and O–H groups in total. The first-order chi connectivity index (χ1) is 12.0. The third-order valence-electron chi connectivity index (χ3n) is 4.43. The Balaban J connectivity index is 1.63. The molecule has 4 rings (SSSR count). The van der Waals surface area contributed by atoms with E-state index in [0.717, 1.165) is 4.47 Å². The number of hydrogen-bond acceptors (Lipinski definition) is 4. The van der Waals surface area contributed by atoms with E-state index in [4.69, 9.17) is 0 Å². The maximum Gasteiger partial charge on any atom is 0.264 e. The Labute approximate surface area is 156 Å². The van der Waals surface area contributed by atoms with Gasteiger partial charge in [-0.15, -0.1) is 11.3 Å². The number of piperazine rings is 1. The molecule has 0 saturated carbocycles. The number of rotatable bonds is 1. The summed E-state index contributed by atoms with van der Waals surface area (Å²) in [5, 5.41) is 4.66. The van der Waals surface area contributed by atoms with Crippen molar-refractivity contribution in [2.75, 3.05) is 25.0 Å². The number of benzene rings is 1. The summed E-state index contributed by atoms with van der Waals surface area (Å²) >= 11 is 4.74. The number of nitrogens with one attached hydrogen (secondary N) is 1. The second-order valence-corrected chi connectivity index (χ2v) is 7.79. The predicted octanol–water partition coefficient (Wildman–Crippen LogP) is 2.43. The Morgan fingerprint density at radius 3 is 2.84 bits per heavy atom. The Morgan fingerprint density at radius 2 is 2.08 bits per heavy atom. The van der Waals surface area contributed by atoms with Crippen molar-refractivity contribution in [2.24, 2.45) is 0 Å². The zero-order chi connectivity index (χ0) is 17.6. The van der Waals surface area contributed by atoms with Crippen LogP contribution in [-0.2, 0) is 4.79 Å². The normalized spacial score (nSPS) is 19.8. The van der Waals surface area contributed by atoms with Crippen LogP contribution in [0, 0.1) is 0 Å². The van der Waals surface area contributed by atoms with Crippen molar-refractivity contribution < 1.29 is 14.4 Å². The van der Waals surface area contributed by atoms with E-state index in [0.29, 0.717) is 29.2 Å². The quantitative estimate of drug-likeness (QED) is 0.771. The van der Waals surface area contributed by atoms with E-state index in [2.05, 4.69) is 21.2 Å². The van der Waals surface area contributed by atoms with Gasteiger partial charge < -0.3 is 15.1 Å². The lowest BCUT2D eigenvalue weighted by Gasteiger charge is -2.39. The highest BCUT2D eigenvalue weighted by molar-refractivity contribution is 9.10. The Bertz CT molecular complexity index is 868. The summed E-state index contributed by atoms with van der Waals surface area (Å²) < 4.78 is 0.777. The van der Waals surface area contributed by atoms with E-state index < -0.39 is 6.04 Å². The van der Waals surface area contributed by atoms with E-state index in [1.165, 1.54) is 11.3 Å². The van der Waals surface area contributed by atoms with Crippen LogP contribution in [0.3, 0.4) is 0 Å². The topological polar surface area (TPSA) is 69.7 Å². The van der Waals surface area contributed by atoms with Gasteiger partial charge in [0.05, 0.1) is 22.7 Å². The summed E-state index contributed by atoms with van der Waals surface area (Å²) in [5.74, 6) is -0.555. The molecule has 2 aromatic rings. The van der Waals surface area contributed by atoms with Crippen LogP contribution >= 0.6 is 27.3 Å². The second kappa shape index (κ2) is 6.27. The minimum Gasteiger partial charge on any atom is -0.334 e. The van der Waals surface area contributed by atoms with Crippen molar-refractivity contribution in [2.45, 2.75) is 6.04 Å². The largest absolute Gasteiger partial charge is 0.334 e. The molecule has 1 unspecified atom stereocenters. The number of thiophene rings is 1. The van der Waals surface area contributed by atoms with Crippen molar-refractivity contribution in [1.82, 2.24) is 9.80 Å². The fourth-order valence-corrected chi connectivity index (χ4v) is 4.22. The second-order valence-electron chi connectivity index (χ2n) is 5.92. The molecule has 0 radical (unpaired) electrons. The van der Waals surface area contributed by atoms with Gasteiger partial charge in [-0.3, -0.25) is 14.4 Å². The average molecular weight is 420 g/mol. The van der Waals surface area contributed by atoms with Crippen LogP contribution in [0.15, 0.2) is 40.2 Å². The Kier molecular flexibility index (Phi) is 4.09. The molecule has 6 nitrogen and oxygen atoms in total. The van der Waals surface area contributed by atoms with Crippen molar-refractivity contribution in [3.8, 4) is 0 Å². The first-order valence-corrected chi connectivity index (χ1v) is 9.46. The van der Waals surface area contributed by atoms with Gasteiger partial charge in [0.2, 0.25) is 5.91 Å². The number of carbonyl (C=O) groups excluding carboxylic acids is 3. The zero-order valence-corrected chi connectivity index (χ0v) is 15.5. The summed E-state index contributed by atoms with van der Waals surface area (Å²) in [6.07, 6.45) is 0. The van der Waals surface area contributed by atoms with Crippen LogP contribution in [0.2, 0.25) is 0 Å². The maximum atomic E-state index is 12.9. The number of amides is 3. The van der Waals surface area contributed by atoms with E-state index in [-0.39, 0.29) is 24.3 Å². The van der Waals surface area contributed by atoms with E-state index in [1.807, 2.05) is 11.4 Å². The monoisotopic (exact) mass is 419 g/mol. The lowest BCUT2D eigenvalue weighted by Crippen LogP contribution is -2.59. The molecule has 1 atom stereocenters. The molecule has 25 heavy (non-hydrogen) atoms. The fourth-order valence-electron chi connectivity index (χ4n) is 3.16. The molecule has 1 fully saturated rings. The minimum atomic E-state index is -0.684. The highest BCUT2D eigenvalue weighted by Crippen LogP contribution is 2.28. The van der Waals surface area contributed by atoms with Gasteiger partial charge in [-0.2, -0.15) is 0 Å². The van der Waals surface area contributed by atoms with Gasteiger partial charge in [-0.1, -0.05) is 22.0 Å². The first-order valence-electron chi connectivity index (χ1n) is 7.79. The van der Waals surface area contributed by atoms with Crippen molar-refractivity contribution in [1.29, 1.82) is 0 Å². The standard InChI is InChI=1S/C17H14BrN3O3S/c18-10-3-4-12-11(8-10)16(23)21-6-5-20(9-13(21)15(22)19-12)17(24)14-2-1-7-25-14/h1-4,7-8,13H,5-6,9H2,(H,19,22). The molecule has 1 saturated heterocycles. The Hall–Kier alpha value is -2.19. The molecule has 3 heterocycles. The molecule has 3 amide bonds. The molecule has 8 heteroatoms. The van der Waals surface area contributed by atoms with Crippen LogP contribution in [0.25, 0.3) is 0 Å². The van der Waals surface area contributed by atoms with E-state index >= 15 is 0 Å². The molecule has 1 aromatic heterocycles. The molecule has 1 aromatic carbocycles. The number of anilines is 1. The zero-order valence-electron chi connectivity index (χ0n) is 13.1. The number of hydrogen-bond donors (Lipinski definition) is 1. The van der Waals surface area contributed by atoms with E-state index in [1.54, 1.807) is 34.1 Å². The number of fused-ring (bicyclic) bond motifs is 2. The van der Waals surface area contributed by atoms with Crippen LogP contribution in [0.5, 0.6) is 0 Å². The number of halogens is 1. The van der Waals surface area contributed by atoms with Gasteiger partial charge in [0.1, 0.15) is 6.04 Å². The smallest absolute Gasteiger partial charge is 0.264 e. The van der Waals surface area contributed by atoms with Gasteiger partial charge in [0.25, 0.3) is 11.8 Å². The predicted molar refractivity (Wildman–Crippen MR) is 97.8 cm³/mol. The molecule has 0 spiro atoms. The van der Waals surface area contributed by atoms with Crippen LogP contribution < -0.4 is 5.32 Å². The molecule has 2 aliphatic rings. The molecule has 0 bridgehead atoms. The van der Waals surface area contributed by atoms with Gasteiger partial charge in [-0.05, 0) is 29.6 Å². The number of nitrogens with zero attached hydrogens (tertiary/aromatic N) is 2. The van der Waals surface area contributed by atoms with Crippen molar-refractivity contribution in [3.05, 3.63) is 50.6 Å². The summed E-state index contributed by atoms with van der Waals surface area (Å²) in [7, 11) is 0. The Morgan fingerprint density at radius 1 is 1.24 bits per heavy atom. The fraction of sp³-hybridized carbons (Fsp3) is 0.235. The van der Waals surface area contributed by atoms with Gasteiger partial charge in [0.15, 0.2) is 0 Å². The molecule has 128 valence electrons. The SMILES string of the molecule is O=C1Nc2ccc(Br)cc2C(=O)N2CCN(C(=O)c3cccs3)CC12. The molecular weight excluding hydrogens is 406 g/mol.